The minimum Gasteiger partial charge on any atom is -0.326 e. The zero-order valence-electron chi connectivity index (χ0n) is 17.4. The maximum Gasteiger partial charge on any atom is 0.231 e. The third-order valence-corrected chi connectivity index (χ3v) is 7.25. The van der Waals surface area contributed by atoms with Crippen LogP contribution in [-0.4, -0.2) is 16.0 Å². The maximum atomic E-state index is 13.1. The Hall–Kier alpha value is -2.55. The van der Waals surface area contributed by atoms with E-state index in [0.29, 0.717) is 27.4 Å². The van der Waals surface area contributed by atoms with Crippen molar-refractivity contribution in [3.8, 4) is 12.3 Å². The van der Waals surface area contributed by atoms with Crippen molar-refractivity contribution in [1.29, 1.82) is 0 Å². The summed E-state index contributed by atoms with van der Waals surface area (Å²) in [6, 6.07) is 15.3. The lowest BCUT2D eigenvalue weighted by Crippen LogP contribution is -2.17. The highest BCUT2D eigenvalue weighted by molar-refractivity contribution is 6.53. The summed E-state index contributed by atoms with van der Waals surface area (Å²) in [6.07, 6.45) is 5.51. The van der Waals surface area contributed by atoms with Gasteiger partial charge in [-0.3, -0.25) is 9.59 Å². The monoisotopic (exact) mass is 533 g/mol. The van der Waals surface area contributed by atoms with Gasteiger partial charge in [0.1, 0.15) is 10.2 Å². The molecule has 0 heterocycles. The van der Waals surface area contributed by atoms with Crippen LogP contribution < -0.4 is 5.32 Å². The van der Waals surface area contributed by atoms with E-state index in [1.807, 2.05) is 0 Å². The minimum atomic E-state index is -1.32. The number of carbonyl (C=O) groups excluding carboxylic acids is 2. The number of nitrogens with one attached hydrogen (secondary N) is 1. The number of hydrogen-bond donors (Lipinski definition) is 1. The van der Waals surface area contributed by atoms with Gasteiger partial charge in [0.25, 0.3) is 0 Å². The van der Waals surface area contributed by atoms with Crippen LogP contribution in [-0.2, 0) is 11.2 Å². The van der Waals surface area contributed by atoms with Gasteiger partial charge in [0.05, 0.1) is 16.0 Å². The van der Waals surface area contributed by atoms with Gasteiger partial charge in [-0.1, -0.05) is 47.3 Å². The molecule has 1 amide bonds. The standard InChI is InChI=1S/C26H16Cl4FNO2/c1-2-15-12-16(5-9-20(15)27)23-24(26(23,29)30)25(34)32-18-8-10-21(28)19(13-18)22(33)11-14-3-6-17(31)7-4-14/h1,3-10,12-13,23-24H,11H2,(H,32,34). The summed E-state index contributed by atoms with van der Waals surface area (Å²) in [6.45, 7) is 0. The van der Waals surface area contributed by atoms with E-state index < -0.39 is 22.1 Å². The zero-order chi connectivity index (χ0) is 24.6. The molecular weight excluding hydrogens is 519 g/mol. The van der Waals surface area contributed by atoms with Crippen LogP contribution in [0.15, 0.2) is 60.7 Å². The van der Waals surface area contributed by atoms with Gasteiger partial charge < -0.3 is 5.32 Å². The molecule has 0 radical (unpaired) electrons. The van der Waals surface area contributed by atoms with Crippen LogP contribution in [0.25, 0.3) is 0 Å². The second-order valence-electron chi connectivity index (χ2n) is 7.92. The molecule has 4 rings (SSSR count). The topological polar surface area (TPSA) is 46.2 Å². The SMILES string of the molecule is C#Cc1cc(C2C(C(=O)Nc3ccc(Cl)c(C(=O)Cc4ccc(F)cc4)c3)C2(Cl)Cl)ccc1Cl. The number of alkyl halides is 2. The summed E-state index contributed by atoms with van der Waals surface area (Å²) >= 11 is 25.1. The highest BCUT2D eigenvalue weighted by Gasteiger charge is 2.67. The van der Waals surface area contributed by atoms with Gasteiger partial charge in [-0.2, -0.15) is 0 Å². The fourth-order valence-corrected chi connectivity index (χ4v) is 5.06. The number of rotatable bonds is 6. The molecule has 0 aromatic heterocycles. The largest absolute Gasteiger partial charge is 0.326 e. The van der Waals surface area contributed by atoms with E-state index in [0.717, 1.165) is 0 Å². The van der Waals surface area contributed by atoms with Crippen LogP contribution in [0, 0.1) is 24.1 Å². The molecule has 3 aromatic carbocycles. The lowest BCUT2D eigenvalue weighted by Gasteiger charge is -2.09. The Morgan fingerprint density at radius 1 is 1.00 bits per heavy atom. The number of ketones is 1. The first-order chi connectivity index (χ1) is 16.1. The summed E-state index contributed by atoms with van der Waals surface area (Å²) in [5, 5.41) is 3.41. The van der Waals surface area contributed by atoms with Crippen molar-refractivity contribution in [2.24, 2.45) is 5.92 Å². The Morgan fingerprint density at radius 3 is 2.35 bits per heavy atom. The van der Waals surface area contributed by atoms with Gasteiger partial charge in [-0.25, -0.2) is 4.39 Å². The van der Waals surface area contributed by atoms with Crippen molar-refractivity contribution in [3.05, 3.63) is 98.8 Å². The summed E-state index contributed by atoms with van der Waals surface area (Å²) in [4.78, 5) is 25.8. The van der Waals surface area contributed by atoms with E-state index in [-0.39, 0.29) is 28.6 Å². The van der Waals surface area contributed by atoms with Crippen molar-refractivity contribution < 1.29 is 14.0 Å². The zero-order valence-corrected chi connectivity index (χ0v) is 20.4. The molecule has 1 N–H and O–H groups in total. The van der Waals surface area contributed by atoms with E-state index in [1.54, 1.807) is 24.3 Å². The van der Waals surface area contributed by atoms with Crippen molar-refractivity contribution in [3.63, 3.8) is 0 Å². The molecule has 3 nitrogen and oxygen atoms in total. The Kier molecular flexibility index (Phi) is 6.94. The van der Waals surface area contributed by atoms with Gasteiger partial charge in [0, 0.05) is 29.2 Å². The number of terminal acetylenes is 1. The van der Waals surface area contributed by atoms with Crippen molar-refractivity contribution in [2.75, 3.05) is 5.32 Å². The highest BCUT2D eigenvalue weighted by Crippen LogP contribution is 2.65. The Labute approximate surface area is 216 Å². The molecule has 3 aromatic rings. The van der Waals surface area contributed by atoms with E-state index in [4.69, 9.17) is 52.8 Å². The number of benzene rings is 3. The van der Waals surface area contributed by atoms with Gasteiger partial charge in [0.15, 0.2) is 5.78 Å². The Morgan fingerprint density at radius 2 is 1.68 bits per heavy atom. The number of hydrogen-bond acceptors (Lipinski definition) is 2. The number of carbonyl (C=O) groups is 2. The quantitative estimate of drug-likeness (QED) is 0.209. The molecule has 1 saturated carbocycles. The first-order valence-electron chi connectivity index (χ1n) is 10.1. The number of anilines is 1. The summed E-state index contributed by atoms with van der Waals surface area (Å²) < 4.78 is 11.8. The molecule has 172 valence electrons. The van der Waals surface area contributed by atoms with Gasteiger partial charge in [-0.05, 0) is 53.6 Å². The van der Waals surface area contributed by atoms with E-state index >= 15 is 0 Å². The normalized spacial score (nSPS) is 18.1. The second-order valence-corrected chi connectivity index (χ2v) is 10.2. The van der Waals surface area contributed by atoms with Crippen LogP contribution in [0.1, 0.15) is 33.0 Å². The summed E-state index contributed by atoms with van der Waals surface area (Å²) in [5.74, 6) is 0.199. The molecule has 8 heteroatoms. The van der Waals surface area contributed by atoms with Crippen molar-refractivity contribution in [1.82, 2.24) is 0 Å². The van der Waals surface area contributed by atoms with Crippen LogP contribution >= 0.6 is 46.4 Å². The molecule has 0 saturated heterocycles. The highest BCUT2D eigenvalue weighted by atomic mass is 35.5. The number of amides is 1. The smallest absolute Gasteiger partial charge is 0.231 e. The number of Topliss-reactive ketones (excluding diaryl/α,β-unsaturated/α-hetero) is 1. The number of halogens is 5. The molecule has 1 aliphatic carbocycles. The molecule has 34 heavy (non-hydrogen) atoms. The molecule has 0 spiro atoms. The lowest BCUT2D eigenvalue weighted by molar-refractivity contribution is -0.117. The van der Waals surface area contributed by atoms with Crippen LogP contribution in [0.5, 0.6) is 0 Å². The van der Waals surface area contributed by atoms with E-state index in [2.05, 4.69) is 11.2 Å². The molecule has 2 unspecified atom stereocenters. The third kappa shape index (κ3) is 4.94. The van der Waals surface area contributed by atoms with Crippen molar-refractivity contribution in [2.45, 2.75) is 16.7 Å². The van der Waals surface area contributed by atoms with Crippen LogP contribution in [0.4, 0.5) is 10.1 Å². The Bertz CT molecular complexity index is 1330. The van der Waals surface area contributed by atoms with Crippen LogP contribution in [0.2, 0.25) is 10.0 Å². The summed E-state index contributed by atoms with van der Waals surface area (Å²) in [7, 11) is 0. The average molecular weight is 535 g/mol. The maximum absolute atomic E-state index is 13.1. The second kappa shape index (κ2) is 9.60. The van der Waals surface area contributed by atoms with Gasteiger partial charge >= 0.3 is 0 Å². The predicted octanol–water partition coefficient (Wildman–Crippen LogP) is 7.07. The first-order valence-corrected chi connectivity index (χ1v) is 11.6. The van der Waals surface area contributed by atoms with Crippen LogP contribution in [0.3, 0.4) is 0 Å². The fourth-order valence-electron chi connectivity index (χ4n) is 3.83. The fraction of sp³-hybridized carbons (Fsp3) is 0.154. The first kappa shape index (κ1) is 24.6. The lowest BCUT2D eigenvalue weighted by atomic mass is 10.0. The van der Waals surface area contributed by atoms with Gasteiger partial charge in [-0.15, -0.1) is 29.6 Å². The van der Waals surface area contributed by atoms with E-state index in [9.17, 15) is 14.0 Å². The molecule has 2 atom stereocenters. The third-order valence-electron chi connectivity index (χ3n) is 5.65. The van der Waals surface area contributed by atoms with Gasteiger partial charge in [0.2, 0.25) is 5.91 Å². The minimum absolute atomic E-state index is 0.0304. The molecule has 0 aliphatic heterocycles. The van der Waals surface area contributed by atoms with Crippen molar-refractivity contribution >= 4 is 63.8 Å². The average Bonchev–Trinajstić information content (AvgIpc) is 3.38. The molecule has 1 fully saturated rings. The molecular formula is C26H16Cl4FNO2. The Balaban J connectivity index is 1.50. The predicted molar refractivity (Wildman–Crippen MR) is 135 cm³/mol. The van der Waals surface area contributed by atoms with E-state index in [1.165, 1.54) is 36.4 Å². The molecule has 1 aliphatic rings. The summed E-state index contributed by atoms with van der Waals surface area (Å²) in [5.41, 5.74) is 2.42. The molecule has 0 bridgehead atoms.